The summed E-state index contributed by atoms with van der Waals surface area (Å²) in [5.74, 6) is 0. The molecule has 1 amide bonds. The minimum absolute atomic E-state index is 0.169. The van der Waals surface area contributed by atoms with Gasteiger partial charge in [0.15, 0.2) is 0 Å². The van der Waals surface area contributed by atoms with Crippen LogP contribution in [0.2, 0.25) is 0 Å². The van der Waals surface area contributed by atoms with Crippen LogP contribution in [0.25, 0.3) is 0 Å². The standard InChI is InChI=1S/C15H27NO2/c1-14(2,3)18-13(17)16(4)12-6-10-15(11-7-12)8-5-9-15/h12H,5-11H2,1-4H3. The van der Waals surface area contributed by atoms with Crippen LogP contribution in [0.4, 0.5) is 4.79 Å². The van der Waals surface area contributed by atoms with Crippen molar-refractivity contribution in [3.05, 3.63) is 0 Å². The molecular formula is C15H27NO2. The van der Waals surface area contributed by atoms with E-state index in [2.05, 4.69) is 0 Å². The molecule has 0 aromatic carbocycles. The zero-order valence-corrected chi connectivity index (χ0v) is 12.3. The highest BCUT2D eigenvalue weighted by molar-refractivity contribution is 5.68. The minimum atomic E-state index is -0.394. The second kappa shape index (κ2) is 4.75. The van der Waals surface area contributed by atoms with Gasteiger partial charge in [-0.25, -0.2) is 4.79 Å². The highest BCUT2D eigenvalue weighted by Gasteiger charge is 2.41. The van der Waals surface area contributed by atoms with Crippen LogP contribution < -0.4 is 0 Å². The highest BCUT2D eigenvalue weighted by Crippen LogP contribution is 2.52. The van der Waals surface area contributed by atoms with Crippen molar-refractivity contribution in [1.29, 1.82) is 0 Å². The number of hydrogen-bond acceptors (Lipinski definition) is 2. The third kappa shape index (κ3) is 2.99. The smallest absolute Gasteiger partial charge is 0.410 e. The molecule has 3 nitrogen and oxygen atoms in total. The van der Waals surface area contributed by atoms with E-state index in [0.29, 0.717) is 11.5 Å². The SMILES string of the molecule is CN(C(=O)OC(C)(C)C)C1CCC2(CCC2)CC1. The first-order valence-electron chi connectivity index (χ1n) is 7.27. The zero-order valence-electron chi connectivity index (χ0n) is 12.3. The Kier molecular flexibility index (Phi) is 3.61. The fraction of sp³-hybridized carbons (Fsp3) is 0.933. The fourth-order valence-corrected chi connectivity index (χ4v) is 3.26. The monoisotopic (exact) mass is 253 g/mol. The second-order valence-corrected chi connectivity index (χ2v) is 7.18. The third-order valence-corrected chi connectivity index (χ3v) is 4.66. The molecule has 0 heterocycles. The summed E-state index contributed by atoms with van der Waals surface area (Å²) < 4.78 is 5.43. The van der Waals surface area contributed by atoms with Crippen molar-refractivity contribution in [2.75, 3.05) is 7.05 Å². The molecule has 3 heteroatoms. The van der Waals surface area contributed by atoms with Crippen molar-refractivity contribution >= 4 is 6.09 Å². The van der Waals surface area contributed by atoms with Gasteiger partial charge in [-0.3, -0.25) is 0 Å². The zero-order chi connectivity index (χ0) is 13.4. The largest absolute Gasteiger partial charge is 0.444 e. The van der Waals surface area contributed by atoms with Crippen LogP contribution in [0, 0.1) is 5.41 Å². The predicted molar refractivity (Wildman–Crippen MR) is 72.5 cm³/mol. The molecule has 2 aliphatic rings. The van der Waals surface area contributed by atoms with Gasteiger partial charge in [0.25, 0.3) is 0 Å². The molecule has 0 unspecified atom stereocenters. The Bertz CT molecular complexity index is 305. The molecule has 0 radical (unpaired) electrons. The van der Waals surface area contributed by atoms with Gasteiger partial charge in [-0.2, -0.15) is 0 Å². The van der Waals surface area contributed by atoms with E-state index in [-0.39, 0.29) is 6.09 Å². The van der Waals surface area contributed by atoms with Gasteiger partial charge in [0.2, 0.25) is 0 Å². The maximum atomic E-state index is 12.0. The number of nitrogens with zero attached hydrogens (tertiary/aromatic N) is 1. The molecule has 1 spiro atoms. The first-order chi connectivity index (χ1) is 8.31. The van der Waals surface area contributed by atoms with Crippen molar-refractivity contribution in [3.8, 4) is 0 Å². The van der Waals surface area contributed by atoms with E-state index in [1.807, 2.05) is 32.7 Å². The first-order valence-corrected chi connectivity index (χ1v) is 7.27. The summed E-state index contributed by atoms with van der Waals surface area (Å²) in [7, 11) is 1.89. The van der Waals surface area contributed by atoms with Gasteiger partial charge < -0.3 is 9.64 Å². The Labute approximate surface area is 111 Å². The quantitative estimate of drug-likeness (QED) is 0.707. The van der Waals surface area contributed by atoms with Crippen LogP contribution in [-0.4, -0.2) is 29.7 Å². The number of ether oxygens (including phenoxy) is 1. The fourth-order valence-electron chi connectivity index (χ4n) is 3.26. The number of carbonyl (C=O) groups excluding carboxylic acids is 1. The molecule has 0 N–H and O–H groups in total. The molecule has 0 aliphatic heterocycles. The maximum Gasteiger partial charge on any atom is 0.410 e. The Morgan fingerprint density at radius 2 is 1.72 bits per heavy atom. The van der Waals surface area contributed by atoms with Gasteiger partial charge >= 0.3 is 6.09 Å². The van der Waals surface area contributed by atoms with Crippen molar-refractivity contribution in [2.45, 2.75) is 77.4 Å². The maximum absolute atomic E-state index is 12.0. The molecule has 2 aliphatic carbocycles. The van der Waals surface area contributed by atoms with E-state index < -0.39 is 5.60 Å². The van der Waals surface area contributed by atoms with Gasteiger partial charge in [-0.15, -0.1) is 0 Å². The lowest BCUT2D eigenvalue weighted by atomic mass is 9.60. The average Bonchev–Trinajstić information content (AvgIpc) is 2.24. The van der Waals surface area contributed by atoms with Gasteiger partial charge in [0.1, 0.15) is 5.60 Å². The number of carbonyl (C=O) groups is 1. The lowest BCUT2D eigenvalue weighted by molar-refractivity contribution is 0.00190. The molecule has 0 atom stereocenters. The number of rotatable bonds is 1. The minimum Gasteiger partial charge on any atom is -0.444 e. The molecule has 2 fully saturated rings. The molecule has 0 aromatic heterocycles. The molecule has 104 valence electrons. The van der Waals surface area contributed by atoms with Gasteiger partial charge in [0.05, 0.1) is 0 Å². The van der Waals surface area contributed by atoms with E-state index in [1.165, 1.54) is 32.1 Å². The van der Waals surface area contributed by atoms with Gasteiger partial charge in [-0.05, 0) is 64.7 Å². The molecule has 0 saturated heterocycles. The van der Waals surface area contributed by atoms with Crippen molar-refractivity contribution < 1.29 is 9.53 Å². The van der Waals surface area contributed by atoms with Crippen LogP contribution in [0.5, 0.6) is 0 Å². The van der Waals surface area contributed by atoms with E-state index in [9.17, 15) is 4.79 Å². The van der Waals surface area contributed by atoms with Crippen molar-refractivity contribution in [3.63, 3.8) is 0 Å². The molecule has 0 bridgehead atoms. The second-order valence-electron chi connectivity index (χ2n) is 7.18. The molecular weight excluding hydrogens is 226 g/mol. The summed E-state index contributed by atoms with van der Waals surface area (Å²) in [6.45, 7) is 5.76. The van der Waals surface area contributed by atoms with E-state index in [1.54, 1.807) is 0 Å². The summed E-state index contributed by atoms with van der Waals surface area (Å²) >= 11 is 0. The number of amides is 1. The molecule has 2 saturated carbocycles. The predicted octanol–water partition coefficient (Wildman–Crippen LogP) is 3.97. The van der Waals surface area contributed by atoms with Crippen LogP contribution in [0.3, 0.4) is 0 Å². The Morgan fingerprint density at radius 1 is 1.17 bits per heavy atom. The lowest BCUT2D eigenvalue weighted by Crippen LogP contribution is -2.45. The summed E-state index contributed by atoms with van der Waals surface area (Å²) in [5, 5.41) is 0. The van der Waals surface area contributed by atoms with E-state index in [0.717, 1.165) is 12.8 Å². The normalized spacial score (nSPS) is 23.6. The Balaban J connectivity index is 1.83. The average molecular weight is 253 g/mol. The number of hydrogen-bond donors (Lipinski definition) is 0. The van der Waals surface area contributed by atoms with E-state index >= 15 is 0 Å². The lowest BCUT2D eigenvalue weighted by Gasteiger charge is -2.48. The van der Waals surface area contributed by atoms with Crippen LogP contribution in [0.15, 0.2) is 0 Å². The summed E-state index contributed by atoms with van der Waals surface area (Å²) in [5.41, 5.74) is 0.264. The van der Waals surface area contributed by atoms with Crippen LogP contribution in [-0.2, 0) is 4.74 Å². The Morgan fingerprint density at radius 3 is 2.11 bits per heavy atom. The molecule has 18 heavy (non-hydrogen) atoms. The van der Waals surface area contributed by atoms with E-state index in [4.69, 9.17) is 4.74 Å². The Hall–Kier alpha value is -0.730. The summed E-state index contributed by atoms with van der Waals surface area (Å²) in [6.07, 6.45) is 8.96. The molecule has 2 rings (SSSR count). The van der Waals surface area contributed by atoms with Crippen molar-refractivity contribution in [2.24, 2.45) is 5.41 Å². The van der Waals surface area contributed by atoms with Crippen LogP contribution in [0.1, 0.15) is 65.7 Å². The van der Waals surface area contributed by atoms with Gasteiger partial charge in [-0.1, -0.05) is 6.42 Å². The van der Waals surface area contributed by atoms with Gasteiger partial charge in [0, 0.05) is 13.1 Å². The topological polar surface area (TPSA) is 29.5 Å². The third-order valence-electron chi connectivity index (χ3n) is 4.66. The summed E-state index contributed by atoms with van der Waals surface area (Å²) in [6, 6.07) is 0.381. The highest BCUT2D eigenvalue weighted by atomic mass is 16.6. The summed E-state index contributed by atoms with van der Waals surface area (Å²) in [4.78, 5) is 13.8. The first kappa shape index (κ1) is 13.7. The molecule has 0 aromatic rings. The van der Waals surface area contributed by atoms with Crippen LogP contribution >= 0.6 is 0 Å². The van der Waals surface area contributed by atoms with Crippen molar-refractivity contribution in [1.82, 2.24) is 4.90 Å².